The van der Waals surface area contributed by atoms with Crippen LogP contribution >= 0.6 is 11.6 Å². The van der Waals surface area contributed by atoms with Crippen LogP contribution in [0.15, 0.2) is 53.8 Å². The Morgan fingerprint density at radius 3 is 3.00 bits per heavy atom. The minimum atomic E-state index is 0.0660. The first kappa shape index (κ1) is 16.1. The summed E-state index contributed by atoms with van der Waals surface area (Å²) in [6.45, 7) is 2.35. The summed E-state index contributed by atoms with van der Waals surface area (Å²) < 4.78 is 5.36. The van der Waals surface area contributed by atoms with Gasteiger partial charge in [0.1, 0.15) is 0 Å². The van der Waals surface area contributed by atoms with Crippen molar-refractivity contribution in [2.45, 2.75) is 6.92 Å². The van der Waals surface area contributed by atoms with E-state index in [1.165, 1.54) is 0 Å². The molecule has 3 aromatic rings. The van der Waals surface area contributed by atoms with E-state index in [9.17, 15) is 5.11 Å². The molecule has 0 fully saturated rings. The Balaban J connectivity index is 1.84. The average molecular weight is 342 g/mol. The number of pyridine rings is 1. The number of hydrogen-bond acceptors (Lipinski definition) is 5. The third-order valence-corrected chi connectivity index (χ3v) is 3.66. The average Bonchev–Trinajstić information content (AvgIpc) is 2.58. The molecule has 0 bridgehead atoms. The third-order valence-electron chi connectivity index (χ3n) is 3.42. The fraction of sp³-hybridized carbons (Fsp3) is 0.111. The zero-order chi connectivity index (χ0) is 16.9. The largest absolute Gasteiger partial charge is 0.504 e. The SMILES string of the molecule is CCOc1cccc(/C=N/Nc2ccnc3cc(Cl)ccc23)c1O. The molecule has 0 radical (unpaired) electrons. The van der Waals surface area contributed by atoms with E-state index in [0.29, 0.717) is 22.9 Å². The Kier molecular flexibility index (Phi) is 4.82. The molecule has 0 aliphatic heterocycles. The number of aromatic hydroxyl groups is 1. The summed E-state index contributed by atoms with van der Waals surface area (Å²) in [4.78, 5) is 4.28. The van der Waals surface area contributed by atoms with Gasteiger partial charge in [-0.15, -0.1) is 0 Å². The number of hydrogen-bond donors (Lipinski definition) is 2. The summed E-state index contributed by atoms with van der Waals surface area (Å²) in [7, 11) is 0. The quantitative estimate of drug-likeness (QED) is 0.532. The molecule has 6 heteroatoms. The summed E-state index contributed by atoms with van der Waals surface area (Å²) in [5, 5.41) is 15.9. The maximum absolute atomic E-state index is 10.2. The second kappa shape index (κ2) is 7.19. The minimum absolute atomic E-state index is 0.0660. The van der Waals surface area contributed by atoms with Crippen molar-refractivity contribution in [2.24, 2.45) is 5.10 Å². The van der Waals surface area contributed by atoms with E-state index in [2.05, 4.69) is 15.5 Å². The lowest BCUT2D eigenvalue weighted by Gasteiger charge is -2.08. The number of rotatable bonds is 5. The van der Waals surface area contributed by atoms with E-state index in [1.54, 1.807) is 42.7 Å². The zero-order valence-corrected chi connectivity index (χ0v) is 13.8. The van der Waals surface area contributed by atoms with Gasteiger partial charge in [0.15, 0.2) is 11.5 Å². The number of phenols is 1. The van der Waals surface area contributed by atoms with E-state index in [1.807, 2.05) is 19.1 Å². The van der Waals surface area contributed by atoms with E-state index in [4.69, 9.17) is 16.3 Å². The first-order valence-electron chi connectivity index (χ1n) is 7.47. The van der Waals surface area contributed by atoms with Gasteiger partial charge in [-0.25, -0.2) is 0 Å². The van der Waals surface area contributed by atoms with Crippen LogP contribution in [0.4, 0.5) is 5.69 Å². The van der Waals surface area contributed by atoms with Crippen molar-refractivity contribution in [3.63, 3.8) is 0 Å². The molecule has 0 saturated heterocycles. The van der Waals surface area contributed by atoms with Crippen molar-refractivity contribution in [1.29, 1.82) is 0 Å². The Hall–Kier alpha value is -2.79. The highest BCUT2D eigenvalue weighted by molar-refractivity contribution is 6.31. The Bertz CT molecular complexity index is 897. The number of phenolic OH excluding ortho intramolecular Hbond substituents is 1. The van der Waals surface area contributed by atoms with Crippen molar-refractivity contribution in [3.8, 4) is 11.5 Å². The number of ether oxygens (including phenoxy) is 1. The molecule has 0 unspecified atom stereocenters. The number of hydrazone groups is 1. The summed E-state index contributed by atoms with van der Waals surface area (Å²) in [6, 6.07) is 12.6. The fourth-order valence-electron chi connectivity index (χ4n) is 2.31. The van der Waals surface area contributed by atoms with Gasteiger partial charge in [-0.2, -0.15) is 5.10 Å². The van der Waals surface area contributed by atoms with Crippen molar-refractivity contribution in [3.05, 3.63) is 59.2 Å². The van der Waals surface area contributed by atoms with E-state index in [-0.39, 0.29) is 5.75 Å². The van der Waals surface area contributed by atoms with Gasteiger partial charge in [0.25, 0.3) is 0 Å². The molecule has 122 valence electrons. The van der Waals surface area contributed by atoms with Gasteiger partial charge in [0.2, 0.25) is 0 Å². The summed E-state index contributed by atoms with van der Waals surface area (Å²) >= 11 is 5.98. The van der Waals surface area contributed by atoms with Crippen molar-refractivity contribution >= 4 is 34.4 Å². The van der Waals surface area contributed by atoms with Crippen LogP contribution in [0.25, 0.3) is 10.9 Å². The number of halogens is 1. The summed E-state index contributed by atoms with van der Waals surface area (Å²) in [5.74, 6) is 0.502. The van der Waals surface area contributed by atoms with Crippen LogP contribution in [0.5, 0.6) is 11.5 Å². The Labute approximate surface area is 144 Å². The van der Waals surface area contributed by atoms with Gasteiger partial charge >= 0.3 is 0 Å². The van der Waals surface area contributed by atoms with Crippen LogP contribution in [0.1, 0.15) is 12.5 Å². The molecular formula is C18H16ClN3O2. The van der Waals surface area contributed by atoms with Crippen LogP contribution in [0, 0.1) is 0 Å². The monoisotopic (exact) mass is 341 g/mol. The van der Waals surface area contributed by atoms with Gasteiger partial charge in [-0.3, -0.25) is 10.4 Å². The Morgan fingerprint density at radius 2 is 2.17 bits per heavy atom. The molecule has 2 aromatic carbocycles. The highest BCUT2D eigenvalue weighted by Crippen LogP contribution is 2.29. The first-order chi connectivity index (χ1) is 11.7. The molecule has 24 heavy (non-hydrogen) atoms. The molecule has 2 N–H and O–H groups in total. The van der Waals surface area contributed by atoms with Crippen LogP contribution in [-0.2, 0) is 0 Å². The Morgan fingerprint density at radius 1 is 1.29 bits per heavy atom. The summed E-state index contributed by atoms with van der Waals surface area (Å²) in [5.41, 5.74) is 5.11. The predicted octanol–water partition coefficient (Wildman–Crippen LogP) is 4.44. The third kappa shape index (κ3) is 3.41. The standard InChI is InChI=1S/C18H16ClN3O2/c1-2-24-17-5-3-4-12(18(17)23)11-21-22-15-8-9-20-16-10-13(19)6-7-14(15)16/h3-11,23H,2H2,1H3,(H,20,22)/b21-11+. The van der Waals surface area contributed by atoms with Crippen LogP contribution in [0.3, 0.4) is 0 Å². The molecular weight excluding hydrogens is 326 g/mol. The van der Waals surface area contributed by atoms with Gasteiger partial charge in [0.05, 0.1) is 24.0 Å². The maximum atomic E-state index is 10.2. The molecule has 0 saturated carbocycles. The molecule has 1 aromatic heterocycles. The van der Waals surface area contributed by atoms with Crippen molar-refractivity contribution < 1.29 is 9.84 Å². The number of aromatic nitrogens is 1. The molecule has 0 aliphatic rings. The molecule has 5 nitrogen and oxygen atoms in total. The van der Waals surface area contributed by atoms with Crippen LogP contribution in [-0.4, -0.2) is 22.9 Å². The van der Waals surface area contributed by atoms with E-state index in [0.717, 1.165) is 16.6 Å². The number of para-hydroxylation sites is 1. The number of nitrogens with one attached hydrogen (secondary N) is 1. The lowest BCUT2D eigenvalue weighted by molar-refractivity contribution is 0.318. The zero-order valence-electron chi connectivity index (χ0n) is 13.0. The lowest BCUT2D eigenvalue weighted by atomic mass is 10.2. The number of fused-ring (bicyclic) bond motifs is 1. The highest BCUT2D eigenvalue weighted by Gasteiger charge is 2.06. The molecule has 0 aliphatic carbocycles. The predicted molar refractivity (Wildman–Crippen MR) is 97.2 cm³/mol. The molecule has 1 heterocycles. The topological polar surface area (TPSA) is 66.7 Å². The first-order valence-corrected chi connectivity index (χ1v) is 7.85. The molecule has 0 amide bonds. The number of benzene rings is 2. The highest BCUT2D eigenvalue weighted by atomic mass is 35.5. The lowest BCUT2D eigenvalue weighted by Crippen LogP contribution is -1.95. The van der Waals surface area contributed by atoms with Crippen LogP contribution < -0.4 is 10.2 Å². The smallest absolute Gasteiger partial charge is 0.166 e. The van der Waals surface area contributed by atoms with Crippen molar-refractivity contribution in [1.82, 2.24) is 4.98 Å². The molecule has 3 rings (SSSR count). The van der Waals surface area contributed by atoms with E-state index < -0.39 is 0 Å². The normalized spacial score (nSPS) is 11.1. The van der Waals surface area contributed by atoms with Gasteiger partial charge < -0.3 is 9.84 Å². The molecule has 0 atom stereocenters. The maximum Gasteiger partial charge on any atom is 0.166 e. The van der Waals surface area contributed by atoms with Gasteiger partial charge in [0, 0.05) is 22.2 Å². The second-order valence-electron chi connectivity index (χ2n) is 5.02. The summed E-state index contributed by atoms with van der Waals surface area (Å²) in [6.07, 6.45) is 3.23. The van der Waals surface area contributed by atoms with E-state index >= 15 is 0 Å². The number of nitrogens with zero attached hydrogens (tertiary/aromatic N) is 2. The second-order valence-corrected chi connectivity index (χ2v) is 5.45. The molecule has 0 spiro atoms. The van der Waals surface area contributed by atoms with Gasteiger partial charge in [-0.1, -0.05) is 17.7 Å². The number of anilines is 1. The van der Waals surface area contributed by atoms with Crippen LogP contribution in [0.2, 0.25) is 5.02 Å². The van der Waals surface area contributed by atoms with Gasteiger partial charge in [-0.05, 0) is 43.3 Å². The van der Waals surface area contributed by atoms with Crippen molar-refractivity contribution in [2.75, 3.05) is 12.0 Å². The fourth-order valence-corrected chi connectivity index (χ4v) is 2.47. The minimum Gasteiger partial charge on any atom is -0.504 e.